The number of aromatic nitrogens is 3. The van der Waals surface area contributed by atoms with Gasteiger partial charge in [0.2, 0.25) is 5.43 Å². The van der Waals surface area contributed by atoms with Crippen LogP contribution in [-0.2, 0) is 9.84 Å². The number of hydrogen-bond acceptors (Lipinski definition) is 8. The minimum atomic E-state index is -3.24. The van der Waals surface area contributed by atoms with Crippen LogP contribution in [0.4, 0.5) is 10.2 Å². The molecule has 0 spiro atoms. The topological polar surface area (TPSA) is 122 Å². The lowest BCUT2D eigenvalue weighted by Crippen LogP contribution is -2.55. The summed E-state index contributed by atoms with van der Waals surface area (Å²) in [4.78, 5) is 33.8. The normalized spacial score (nSPS) is 14.9. The van der Waals surface area contributed by atoms with Gasteiger partial charge in [0.05, 0.1) is 10.6 Å². The van der Waals surface area contributed by atoms with Gasteiger partial charge in [-0.15, -0.1) is 11.3 Å². The Hall–Kier alpha value is -2.86. The molecule has 9 nitrogen and oxygen atoms in total. The van der Waals surface area contributed by atoms with E-state index in [9.17, 15) is 27.5 Å². The number of hydrogen-bond donors (Lipinski definition) is 1. The van der Waals surface area contributed by atoms with Crippen LogP contribution in [0.25, 0.3) is 16.2 Å². The van der Waals surface area contributed by atoms with Gasteiger partial charge in [-0.2, -0.15) is 0 Å². The fraction of sp³-hybridized carbons (Fsp3) is 0.294. The number of rotatable bonds is 5. The maximum Gasteiger partial charge on any atom is 0.341 e. The number of thiazole rings is 1. The number of pyridine rings is 2. The molecule has 0 atom stereocenters. The Kier molecular flexibility index (Phi) is 4.62. The predicted octanol–water partition coefficient (Wildman–Crippen LogP) is 1.30. The van der Waals surface area contributed by atoms with Crippen molar-refractivity contribution in [1.82, 2.24) is 14.5 Å². The number of carbonyl (C=O) groups is 1. The van der Waals surface area contributed by atoms with Gasteiger partial charge in [-0.1, -0.05) is 6.92 Å². The first kappa shape index (κ1) is 19.5. The smallest absolute Gasteiger partial charge is 0.341 e. The molecule has 0 radical (unpaired) electrons. The second kappa shape index (κ2) is 6.88. The van der Waals surface area contributed by atoms with Crippen molar-refractivity contribution >= 4 is 44.0 Å². The van der Waals surface area contributed by atoms with Gasteiger partial charge in [0, 0.05) is 36.6 Å². The summed E-state index contributed by atoms with van der Waals surface area (Å²) in [6, 6.07) is 0.943. The molecule has 0 unspecified atom stereocenters. The molecule has 3 aromatic rings. The lowest BCUT2D eigenvalue weighted by molar-refractivity contribution is 0.0695. The maximum atomic E-state index is 14.7. The third-order valence-corrected chi connectivity index (χ3v) is 7.72. The summed E-state index contributed by atoms with van der Waals surface area (Å²) in [5.74, 6) is -2.36. The molecule has 1 N–H and O–H groups in total. The van der Waals surface area contributed by atoms with Gasteiger partial charge in [0.1, 0.15) is 5.56 Å². The summed E-state index contributed by atoms with van der Waals surface area (Å²) in [5.41, 5.74) is -1.33. The molecule has 1 aliphatic heterocycles. The van der Waals surface area contributed by atoms with Crippen LogP contribution in [-0.4, -0.2) is 58.1 Å². The number of aromatic carboxylic acids is 1. The Morgan fingerprint density at radius 1 is 1.41 bits per heavy atom. The van der Waals surface area contributed by atoms with Crippen LogP contribution >= 0.6 is 11.3 Å². The molecule has 0 amide bonds. The van der Waals surface area contributed by atoms with Gasteiger partial charge < -0.3 is 10.0 Å². The lowest BCUT2D eigenvalue weighted by Gasteiger charge is -2.39. The minimum Gasteiger partial charge on any atom is -0.477 e. The SMILES string of the molecule is CCS(=O)(=O)C1CN(c2nc3c(cc2F)c(=O)c(C(=O)O)cn3-c2nccs2)C1. The molecule has 29 heavy (non-hydrogen) atoms. The van der Waals surface area contributed by atoms with E-state index in [1.54, 1.807) is 12.3 Å². The molecule has 3 aromatic heterocycles. The average molecular weight is 438 g/mol. The molecule has 1 fully saturated rings. The van der Waals surface area contributed by atoms with Crippen LogP contribution in [0.5, 0.6) is 0 Å². The number of halogens is 1. The second-order valence-electron chi connectivity index (χ2n) is 6.51. The standard InChI is InChI=1S/C17H15FN4O5S2/c1-2-29(26,27)9-6-21(7-9)15-12(18)5-10-13(23)11(16(24)25)8-22(14(10)20-15)17-19-3-4-28-17/h3-5,8-9H,2,6-7H2,1H3,(H,24,25). The van der Waals surface area contributed by atoms with E-state index in [2.05, 4.69) is 9.97 Å². The summed E-state index contributed by atoms with van der Waals surface area (Å²) in [7, 11) is -3.24. The van der Waals surface area contributed by atoms with Crippen molar-refractivity contribution in [3.8, 4) is 5.13 Å². The van der Waals surface area contributed by atoms with E-state index in [4.69, 9.17) is 0 Å². The van der Waals surface area contributed by atoms with Crippen molar-refractivity contribution in [3.63, 3.8) is 0 Å². The molecular weight excluding hydrogens is 423 g/mol. The summed E-state index contributed by atoms with van der Waals surface area (Å²) < 4.78 is 40.0. The van der Waals surface area contributed by atoms with Gasteiger partial charge >= 0.3 is 5.97 Å². The Labute approximate surface area is 168 Å². The molecule has 1 saturated heterocycles. The van der Waals surface area contributed by atoms with Gasteiger partial charge in [-0.3, -0.25) is 9.36 Å². The highest BCUT2D eigenvalue weighted by Crippen LogP contribution is 2.29. The fourth-order valence-electron chi connectivity index (χ4n) is 3.14. The first-order chi connectivity index (χ1) is 13.7. The lowest BCUT2D eigenvalue weighted by atomic mass is 10.1. The molecule has 0 saturated carbocycles. The zero-order chi connectivity index (χ0) is 20.9. The van der Waals surface area contributed by atoms with Crippen molar-refractivity contribution < 1.29 is 22.7 Å². The van der Waals surface area contributed by atoms with E-state index in [0.717, 1.165) is 12.3 Å². The first-order valence-corrected chi connectivity index (χ1v) is 11.2. The molecule has 12 heteroatoms. The average Bonchev–Trinajstić information content (AvgIpc) is 3.16. The van der Waals surface area contributed by atoms with E-state index in [0.29, 0.717) is 5.13 Å². The van der Waals surface area contributed by atoms with Crippen LogP contribution in [0, 0.1) is 5.82 Å². The number of nitrogens with zero attached hydrogens (tertiary/aromatic N) is 4. The highest BCUT2D eigenvalue weighted by atomic mass is 32.2. The molecule has 0 aliphatic carbocycles. The largest absolute Gasteiger partial charge is 0.477 e. The van der Waals surface area contributed by atoms with Gasteiger partial charge in [0.15, 0.2) is 32.3 Å². The number of fused-ring (bicyclic) bond motifs is 1. The molecule has 4 rings (SSSR count). The van der Waals surface area contributed by atoms with Gasteiger partial charge in [-0.25, -0.2) is 27.6 Å². The zero-order valence-electron chi connectivity index (χ0n) is 15.1. The summed E-state index contributed by atoms with van der Waals surface area (Å²) in [5, 5.41) is 10.6. The van der Waals surface area contributed by atoms with Crippen molar-refractivity contribution in [3.05, 3.63) is 45.4 Å². The molecular formula is C17H15FN4O5S2. The summed E-state index contributed by atoms with van der Waals surface area (Å²) in [6.45, 7) is 1.75. The van der Waals surface area contributed by atoms with Gasteiger partial charge in [-0.05, 0) is 6.07 Å². The highest BCUT2D eigenvalue weighted by molar-refractivity contribution is 7.92. The molecule has 1 aliphatic rings. The van der Waals surface area contributed by atoms with E-state index in [1.807, 2.05) is 0 Å². The molecule has 4 heterocycles. The number of anilines is 1. The number of sulfone groups is 1. The van der Waals surface area contributed by atoms with E-state index < -0.39 is 37.9 Å². The summed E-state index contributed by atoms with van der Waals surface area (Å²) in [6.07, 6.45) is 2.62. The van der Waals surface area contributed by atoms with Crippen molar-refractivity contribution in [1.29, 1.82) is 0 Å². The minimum absolute atomic E-state index is 0.000687. The Morgan fingerprint density at radius 3 is 2.72 bits per heavy atom. The quantitative estimate of drug-likeness (QED) is 0.633. The zero-order valence-corrected chi connectivity index (χ0v) is 16.7. The molecule has 152 valence electrons. The van der Waals surface area contributed by atoms with Crippen LogP contribution in [0.2, 0.25) is 0 Å². The third kappa shape index (κ3) is 3.17. The van der Waals surface area contributed by atoms with Crippen LogP contribution in [0.1, 0.15) is 17.3 Å². The van der Waals surface area contributed by atoms with E-state index in [-0.39, 0.29) is 35.7 Å². The molecule has 0 aromatic carbocycles. The number of carboxylic acid groups (broad SMARTS) is 1. The summed E-state index contributed by atoms with van der Waals surface area (Å²) >= 11 is 1.19. The van der Waals surface area contributed by atoms with E-state index >= 15 is 0 Å². The van der Waals surface area contributed by atoms with Crippen LogP contribution in [0.15, 0.2) is 28.6 Å². The van der Waals surface area contributed by atoms with Crippen molar-refractivity contribution in [2.75, 3.05) is 23.7 Å². The molecule has 0 bridgehead atoms. The fourth-order valence-corrected chi connectivity index (χ4v) is 5.05. The Bertz CT molecular complexity index is 1280. The number of carboxylic acids is 1. The van der Waals surface area contributed by atoms with Crippen molar-refractivity contribution in [2.45, 2.75) is 12.2 Å². The highest BCUT2D eigenvalue weighted by Gasteiger charge is 2.38. The maximum absolute atomic E-state index is 14.7. The predicted molar refractivity (Wildman–Crippen MR) is 105 cm³/mol. The monoisotopic (exact) mass is 438 g/mol. The second-order valence-corrected chi connectivity index (χ2v) is 9.95. The van der Waals surface area contributed by atoms with Gasteiger partial charge in [0.25, 0.3) is 0 Å². The Morgan fingerprint density at radius 2 is 2.14 bits per heavy atom. The van der Waals surface area contributed by atoms with Crippen LogP contribution in [0.3, 0.4) is 0 Å². The third-order valence-electron chi connectivity index (χ3n) is 4.83. The van der Waals surface area contributed by atoms with E-state index in [1.165, 1.54) is 27.0 Å². The van der Waals surface area contributed by atoms with Crippen LogP contribution < -0.4 is 10.3 Å². The first-order valence-electron chi connectivity index (χ1n) is 8.58. The van der Waals surface area contributed by atoms with Crippen molar-refractivity contribution in [2.24, 2.45) is 0 Å². The Balaban J connectivity index is 1.87.